The maximum atomic E-state index is 15.4. The number of rotatable bonds is 5. The van der Waals surface area contributed by atoms with Crippen molar-refractivity contribution in [3.05, 3.63) is 106 Å². The maximum Gasteiger partial charge on any atom is 0.377 e. The van der Waals surface area contributed by atoms with Crippen molar-refractivity contribution in [1.82, 2.24) is 0 Å². The van der Waals surface area contributed by atoms with Crippen molar-refractivity contribution < 1.29 is 23.1 Å². The van der Waals surface area contributed by atoms with Gasteiger partial charge in [-0.1, -0.05) is 78.3 Å². The van der Waals surface area contributed by atoms with E-state index in [1.54, 1.807) is 42.5 Å². The average Bonchev–Trinajstić information content (AvgIpc) is 3.11. The lowest BCUT2D eigenvalue weighted by molar-refractivity contribution is -0.173. The van der Waals surface area contributed by atoms with Gasteiger partial charge in [-0.05, 0) is 40.8 Å². The van der Waals surface area contributed by atoms with Gasteiger partial charge in [0.25, 0.3) is 0 Å². The Kier molecular flexibility index (Phi) is 5.40. The number of halogens is 3. The Hall–Kier alpha value is -3.31. The van der Waals surface area contributed by atoms with Gasteiger partial charge in [0.15, 0.2) is 5.78 Å². The highest BCUT2D eigenvalue weighted by molar-refractivity contribution is 6.34. The van der Waals surface area contributed by atoms with Gasteiger partial charge in [0.2, 0.25) is 0 Å². The first-order valence-electron chi connectivity index (χ1n) is 11.1. The molecule has 0 saturated heterocycles. The molecule has 3 aromatic rings. The first-order chi connectivity index (χ1) is 16.3. The fourth-order valence-corrected chi connectivity index (χ4v) is 5.66. The summed E-state index contributed by atoms with van der Waals surface area (Å²) in [6.45, 7) is 1.32. The van der Waals surface area contributed by atoms with Crippen LogP contribution in [0.1, 0.15) is 52.4 Å². The molecular weight excluding hydrogens is 458 g/mol. The number of hydrogen-bond acceptors (Lipinski definition) is 3. The molecule has 0 spiro atoms. The summed E-state index contributed by atoms with van der Waals surface area (Å²) in [7, 11) is 0. The summed E-state index contributed by atoms with van der Waals surface area (Å²) >= 11 is 6.69. The molecule has 3 nitrogen and oxygen atoms in total. The Balaban J connectivity index is 1.88. The predicted octanol–water partition coefficient (Wildman–Crippen LogP) is 6.73. The Labute approximate surface area is 201 Å². The van der Waals surface area contributed by atoms with Crippen LogP contribution >= 0.6 is 11.6 Å². The van der Waals surface area contributed by atoms with E-state index in [1.807, 2.05) is 30.3 Å². The van der Waals surface area contributed by atoms with Crippen molar-refractivity contribution in [2.75, 3.05) is 6.61 Å². The topological polar surface area (TPSA) is 43.4 Å². The van der Waals surface area contributed by atoms with Crippen LogP contribution < -0.4 is 0 Å². The number of fused-ring (bicyclic) bond motifs is 5. The van der Waals surface area contributed by atoms with Crippen LogP contribution in [0.4, 0.5) is 8.78 Å². The van der Waals surface area contributed by atoms with E-state index < -0.39 is 23.7 Å². The van der Waals surface area contributed by atoms with Gasteiger partial charge in [-0.25, -0.2) is 4.79 Å². The van der Waals surface area contributed by atoms with Gasteiger partial charge in [0.1, 0.15) is 0 Å². The summed E-state index contributed by atoms with van der Waals surface area (Å²) < 4.78 is 35.5. The molecule has 0 aliphatic heterocycles. The third-order valence-electron chi connectivity index (χ3n) is 6.63. The summed E-state index contributed by atoms with van der Waals surface area (Å²) in [6.07, 6.45) is -1.09. The molecule has 6 heteroatoms. The Morgan fingerprint density at radius 1 is 1.00 bits per heavy atom. The zero-order chi connectivity index (χ0) is 24.1. The van der Waals surface area contributed by atoms with Crippen LogP contribution in [0.5, 0.6) is 0 Å². The number of carbonyl (C=O) groups is 2. The highest BCUT2D eigenvalue weighted by Crippen LogP contribution is 2.62. The van der Waals surface area contributed by atoms with Crippen LogP contribution in [0.25, 0.3) is 11.1 Å². The molecule has 1 atom stereocenters. The van der Waals surface area contributed by atoms with Crippen molar-refractivity contribution in [3.63, 3.8) is 0 Å². The molecule has 0 aromatic heterocycles. The van der Waals surface area contributed by atoms with Crippen molar-refractivity contribution in [2.24, 2.45) is 0 Å². The van der Waals surface area contributed by atoms with Gasteiger partial charge in [0, 0.05) is 34.4 Å². The van der Waals surface area contributed by atoms with Crippen molar-refractivity contribution >= 4 is 34.5 Å². The summed E-state index contributed by atoms with van der Waals surface area (Å²) in [4.78, 5) is 25.6. The van der Waals surface area contributed by atoms with Gasteiger partial charge < -0.3 is 4.74 Å². The van der Waals surface area contributed by atoms with Crippen LogP contribution in [0.15, 0.2) is 72.8 Å². The second-order valence-corrected chi connectivity index (χ2v) is 9.01. The predicted molar refractivity (Wildman–Crippen MR) is 127 cm³/mol. The molecule has 2 aliphatic rings. The number of carbonyl (C=O) groups excluding carboxylic acids is 2. The molecule has 0 fully saturated rings. The lowest BCUT2D eigenvalue weighted by Crippen LogP contribution is -2.43. The van der Waals surface area contributed by atoms with Gasteiger partial charge in [0.05, 0.1) is 6.61 Å². The molecule has 1 unspecified atom stereocenters. The minimum atomic E-state index is -3.81. The van der Waals surface area contributed by atoms with E-state index in [1.165, 1.54) is 6.92 Å². The number of esters is 1. The first kappa shape index (κ1) is 22.5. The first-order valence-corrected chi connectivity index (χ1v) is 11.4. The van der Waals surface area contributed by atoms with E-state index in [0.717, 1.165) is 5.56 Å². The van der Waals surface area contributed by atoms with Crippen molar-refractivity contribution in [2.45, 2.75) is 31.1 Å². The van der Waals surface area contributed by atoms with E-state index in [-0.39, 0.29) is 18.8 Å². The molecule has 0 saturated carbocycles. The van der Waals surface area contributed by atoms with Crippen LogP contribution in [0.3, 0.4) is 0 Å². The summed E-state index contributed by atoms with van der Waals surface area (Å²) in [6, 6.07) is 21.6. The van der Waals surface area contributed by atoms with Gasteiger partial charge in [-0.2, -0.15) is 8.78 Å². The molecule has 34 heavy (non-hydrogen) atoms. The van der Waals surface area contributed by atoms with Crippen LogP contribution in [0, 0.1) is 0 Å². The quantitative estimate of drug-likeness (QED) is 0.382. The molecular formula is C28H21ClF2O3. The van der Waals surface area contributed by atoms with Gasteiger partial charge in [-0.3, -0.25) is 4.79 Å². The highest BCUT2D eigenvalue weighted by atomic mass is 35.5. The fourth-order valence-electron chi connectivity index (χ4n) is 5.39. The minimum Gasteiger partial charge on any atom is -0.462 e. The number of benzene rings is 3. The zero-order valence-electron chi connectivity index (χ0n) is 18.4. The molecule has 0 heterocycles. The fraction of sp³-hybridized carbons (Fsp3) is 0.214. The van der Waals surface area contributed by atoms with Crippen molar-refractivity contribution in [1.29, 1.82) is 0 Å². The number of Topliss-reactive ketones (excluding diaryl/α,β-unsaturated/α-hetero) is 1. The second kappa shape index (κ2) is 8.17. The van der Waals surface area contributed by atoms with E-state index in [2.05, 4.69) is 0 Å². The Bertz CT molecular complexity index is 1350. The lowest BCUT2D eigenvalue weighted by Gasteiger charge is -2.39. The number of ether oxygens (including phenoxy) is 1. The van der Waals surface area contributed by atoms with Crippen LogP contribution in [-0.4, -0.2) is 24.3 Å². The number of allylic oxidation sites excluding steroid dienone is 1. The molecule has 172 valence electrons. The molecule has 0 bridgehead atoms. The second-order valence-electron chi connectivity index (χ2n) is 8.61. The standard InChI is InChI=1S/C28H21ClF2O3/c1-2-34-26(33)28(30,31)16-27-15-22(32)18-11-6-7-12-19(18)25(27)23(17-9-4-3-5-10-17)24-20(27)13-8-14-21(24)29/h3-14H,2,15-16H2,1H3. The smallest absolute Gasteiger partial charge is 0.377 e. The van der Waals surface area contributed by atoms with Crippen molar-refractivity contribution in [3.8, 4) is 0 Å². The maximum absolute atomic E-state index is 15.4. The molecule has 0 radical (unpaired) electrons. The summed E-state index contributed by atoms with van der Waals surface area (Å²) in [5, 5.41) is 0.405. The van der Waals surface area contributed by atoms with E-state index in [9.17, 15) is 9.59 Å². The van der Waals surface area contributed by atoms with E-state index in [0.29, 0.717) is 38.4 Å². The number of ketones is 1. The molecule has 0 amide bonds. The normalized spacial score (nSPS) is 18.9. The monoisotopic (exact) mass is 478 g/mol. The Morgan fingerprint density at radius 3 is 2.38 bits per heavy atom. The Morgan fingerprint density at radius 2 is 1.68 bits per heavy atom. The highest BCUT2D eigenvalue weighted by Gasteiger charge is 2.58. The minimum absolute atomic E-state index is 0.163. The van der Waals surface area contributed by atoms with Gasteiger partial charge >= 0.3 is 11.9 Å². The third kappa shape index (κ3) is 3.30. The SMILES string of the molecule is CCOC(=O)C(F)(F)CC12CC(=O)c3ccccc3C1=C(c1ccccc1)c1c(Cl)cccc12. The molecule has 2 aliphatic carbocycles. The van der Waals surface area contributed by atoms with E-state index in [4.69, 9.17) is 16.3 Å². The average molecular weight is 479 g/mol. The van der Waals surface area contributed by atoms with E-state index >= 15 is 8.78 Å². The largest absolute Gasteiger partial charge is 0.462 e. The van der Waals surface area contributed by atoms with Crippen LogP contribution in [0.2, 0.25) is 5.02 Å². The summed E-state index contributed by atoms with van der Waals surface area (Å²) in [5.41, 5.74) is 2.89. The molecule has 5 rings (SSSR count). The number of alkyl halides is 2. The molecule has 0 N–H and O–H groups in total. The zero-order valence-corrected chi connectivity index (χ0v) is 19.2. The molecule has 3 aromatic carbocycles. The third-order valence-corrected chi connectivity index (χ3v) is 6.94. The number of hydrogen-bond donors (Lipinski definition) is 0. The van der Waals surface area contributed by atoms with Gasteiger partial charge in [-0.15, -0.1) is 0 Å². The lowest BCUT2D eigenvalue weighted by atomic mass is 9.63. The van der Waals surface area contributed by atoms with Crippen LogP contribution in [-0.2, 0) is 14.9 Å². The summed E-state index contributed by atoms with van der Waals surface area (Å²) in [5.74, 6) is -5.65.